The van der Waals surface area contributed by atoms with E-state index in [1.165, 1.54) is 11.8 Å². The van der Waals surface area contributed by atoms with Crippen LogP contribution >= 0.6 is 11.8 Å². The van der Waals surface area contributed by atoms with Crippen molar-refractivity contribution in [3.8, 4) is 0 Å². The fourth-order valence-electron chi connectivity index (χ4n) is 1.61. The molecule has 7 nitrogen and oxygen atoms in total. The fourth-order valence-corrected chi connectivity index (χ4v) is 2.40. The van der Waals surface area contributed by atoms with Crippen molar-refractivity contribution in [2.45, 2.75) is 11.8 Å². The molecule has 82 valence electrons. The SMILES string of the molecule is O=C1N=c2[nH]c(=O)n(C3CCS3)c(=O)c2=N1. The highest BCUT2D eigenvalue weighted by atomic mass is 32.2. The lowest BCUT2D eigenvalue weighted by Gasteiger charge is -2.25. The molecule has 1 aromatic rings. The van der Waals surface area contributed by atoms with Gasteiger partial charge in [0, 0.05) is 0 Å². The van der Waals surface area contributed by atoms with E-state index in [4.69, 9.17) is 0 Å². The molecule has 3 heterocycles. The number of nitrogens with zero attached hydrogens (tertiary/aromatic N) is 3. The summed E-state index contributed by atoms with van der Waals surface area (Å²) < 4.78 is 1.10. The number of carbonyl (C=O) groups excluding carboxylic acids is 1. The monoisotopic (exact) mass is 238 g/mol. The molecule has 0 bridgehead atoms. The van der Waals surface area contributed by atoms with Crippen molar-refractivity contribution in [2.24, 2.45) is 9.98 Å². The summed E-state index contributed by atoms with van der Waals surface area (Å²) in [5, 5.41) is -0.204. The average molecular weight is 238 g/mol. The van der Waals surface area contributed by atoms with Gasteiger partial charge in [-0.05, 0) is 12.2 Å². The number of urea groups is 1. The summed E-state index contributed by atoms with van der Waals surface area (Å²) in [5.41, 5.74) is -1.10. The molecule has 1 unspecified atom stereocenters. The average Bonchev–Trinajstić information content (AvgIpc) is 2.50. The summed E-state index contributed by atoms with van der Waals surface area (Å²) in [5.74, 6) is 0.925. The molecule has 0 spiro atoms. The third-order valence-electron chi connectivity index (χ3n) is 2.47. The molecule has 1 atom stereocenters. The maximum absolute atomic E-state index is 11.9. The van der Waals surface area contributed by atoms with E-state index >= 15 is 0 Å². The van der Waals surface area contributed by atoms with Crippen molar-refractivity contribution in [1.82, 2.24) is 9.55 Å². The third kappa shape index (κ3) is 1.19. The molecule has 2 amide bonds. The van der Waals surface area contributed by atoms with Crippen LogP contribution in [-0.4, -0.2) is 21.3 Å². The Morgan fingerprint density at radius 2 is 2.06 bits per heavy atom. The van der Waals surface area contributed by atoms with Gasteiger partial charge in [-0.3, -0.25) is 9.78 Å². The van der Waals surface area contributed by atoms with Crippen molar-refractivity contribution >= 4 is 17.8 Å². The van der Waals surface area contributed by atoms with Gasteiger partial charge in [0.05, 0.1) is 5.37 Å². The maximum atomic E-state index is 11.9. The van der Waals surface area contributed by atoms with Crippen molar-refractivity contribution < 1.29 is 4.79 Å². The molecule has 1 N–H and O–H groups in total. The van der Waals surface area contributed by atoms with Crippen LogP contribution in [0.5, 0.6) is 0 Å². The van der Waals surface area contributed by atoms with Gasteiger partial charge in [-0.2, -0.15) is 9.98 Å². The molecule has 1 saturated heterocycles. The van der Waals surface area contributed by atoms with E-state index < -0.39 is 17.3 Å². The Kier molecular flexibility index (Phi) is 1.87. The fraction of sp³-hybridized carbons (Fsp3) is 0.375. The summed E-state index contributed by atoms with van der Waals surface area (Å²) >= 11 is 1.52. The first kappa shape index (κ1) is 9.52. The van der Waals surface area contributed by atoms with Gasteiger partial charge in [0.2, 0.25) is 0 Å². The van der Waals surface area contributed by atoms with Gasteiger partial charge < -0.3 is 0 Å². The van der Waals surface area contributed by atoms with Crippen LogP contribution in [0.1, 0.15) is 11.8 Å². The van der Waals surface area contributed by atoms with Gasteiger partial charge in [-0.1, -0.05) is 0 Å². The number of nitrogens with one attached hydrogen (secondary N) is 1. The van der Waals surface area contributed by atoms with E-state index in [2.05, 4.69) is 15.0 Å². The zero-order valence-electron chi connectivity index (χ0n) is 7.97. The van der Waals surface area contributed by atoms with Crippen molar-refractivity contribution in [2.75, 3.05) is 5.75 Å². The topological polar surface area (TPSA) is 96.6 Å². The van der Waals surface area contributed by atoms with Crippen LogP contribution in [-0.2, 0) is 0 Å². The highest BCUT2D eigenvalue weighted by Gasteiger charge is 2.25. The van der Waals surface area contributed by atoms with Crippen LogP contribution in [0.2, 0.25) is 0 Å². The molecular formula is C8H6N4O3S. The van der Waals surface area contributed by atoms with Crippen LogP contribution < -0.4 is 22.1 Å². The maximum Gasteiger partial charge on any atom is 0.369 e. The van der Waals surface area contributed by atoms with E-state index in [1.54, 1.807) is 0 Å². The van der Waals surface area contributed by atoms with E-state index in [-0.39, 0.29) is 16.2 Å². The predicted molar refractivity (Wildman–Crippen MR) is 55.1 cm³/mol. The van der Waals surface area contributed by atoms with Crippen molar-refractivity contribution in [1.29, 1.82) is 0 Å². The number of thioether (sulfide) groups is 1. The van der Waals surface area contributed by atoms with Crippen LogP contribution in [0.25, 0.3) is 0 Å². The Labute approximate surface area is 91.9 Å². The third-order valence-corrected chi connectivity index (χ3v) is 3.77. The molecule has 0 radical (unpaired) electrons. The van der Waals surface area contributed by atoms with Crippen molar-refractivity contribution in [3.05, 3.63) is 31.7 Å². The van der Waals surface area contributed by atoms with Gasteiger partial charge in [0.1, 0.15) is 0 Å². The van der Waals surface area contributed by atoms with Gasteiger partial charge in [0.25, 0.3) is 5.56 Å². The Balaban J connectivity index is 2.39. The summed E-state index contributed by atoms with van der Waals surface area (Å²) in [6, 6.07) is -0.748. The number of rotatable bonds is 1. The second-order valence-corrected chi connectivity index (χ2v) is 4.71. The van der Waals surface area contributed by atoms with Crippen LogP contribution in [0.15, 0.2) is 19.6 Å². The van der Waals surface area contributed by atoms with Crippen LogP contribution in [0.4, 0.5) is 4.79 Å². The summed E-state index contributed by atoms with van der Waals surface area (Å²) in [4.78, 5) is 43.7. The molecule has 16 heavy (non-hydrogen) atoms. The quantitative estimate of drug-likeness (QED) is 0.647. The van der Waals surface area contributed by atoms with E-state index in [1.807, 2.05) is 0 Å². The van der Waals surface area contributed by atoms with Gasteiger partial charge in [0.15, 0.2) is 10.8 Å². The van der Waals surface area contributed by atoms with Crippen LogP contribution in [0, 0.1) is 0 Å². The number of amides is 2. The lowest BCUT2D eigenvalue weighted by molar-refractivity contribution is 0.256. The van der Waals surface area contributed by atoms with Gasteiger partial charge in [-0.25, -0.2) is 14.2 Å². The first-order valence-corrected chi connectivity index (χ1v) is 5.69. The first-order chi connectivity index (χ1) is 7.66. The zero-order chi connectivity index (χ0) is 11.3. The molecule has 8 heteroatoms. The van der Waals surface area contributed by atoms with E-state index in [9.17, 15) is 14.4 Å². The minimum Gasteiger partial charge on any atom is -0.290 e. The van der Waals surface area contributed by atoms with Gasteiger partial charge >= 0.3 is 11.7 Å². The number of hydrogen-bond donors (Lipinski definition) is 1. The minimum absolute atomic E-state index is 0.0272. The van der Waals surface area contributed by atoms with E-state index in [0.29, 0.717) is 0 Å². The Morgan fingerprint density at radius 3 is 2.69 bits per heavy atom. The lowest BCUT2D eigenvalue weighted by Crippen LogP contribution is -2.54. The molecule has 0 aromatic carbocycles. The molecule has 2 aliphatic rings. The zero-order valence-corrected chi connectivity index (χ0v) is 8.78. The number of fused-ring (bicyclic) bond motifs is 1. The Bertz CT molecular complexity index is 712. The molecule has 3 rings (SSSR count). The van der Waals surface area contributed by atoms with E-state index in [0.717, 1.165) is 16.7 Å². The molecule has 0 saturated carbocycles. The Morgan fingerprint density at radius 1 is 1.31 bits per heavy atom. The molecule has 1 fully saturated rings. The normalized spacial score (nSPS) is 22.0. The smallest absolute Gasteiger partial charge is 0.290 e. The van der Waals surface area contributed by atoms with Gasteiger partial charge in [-0.15, -0.1) is 11.8 Å². The second kappa shape index (κ2) is 3.14. The number of aromatic amines is 1. The Hall–Kier alpha value is -1.70. The largest absolute Gasteiger partial charge is 0.369 e. The first-order valence-electron chi connectivity index (χ1n) is 4.64. The number of carbonyl (C=O) groups is 1. The molecule has 0 aliphatic carbocycles. The lowest BCUT2D eigenvalue weighted by atomic mass is 10.4. The summed E-state index contributed by atoms with van der Waals surface area (Å²) in [6.45, 7) is 0. The molecule has 2 aliphatic heterocycles. The second-order valence-electron chi connectivity index (χ2n) is 3.42. The summed E-state index contributed by atoms with van der Waals surface area (Å²) in [6.07, 6.45) is 0.775. The molecule has 1 aromatic heterocycles. The summed E-state index contributed by atoms with van der Waals surface area (Å²) in [7, 11) is 0. The number of H-pyrrole nitrogens is 1. The standard InChI is InChI=1S/C8H6N4O3S/c13-6-4-5(10-7(14)9-4)11-8(15)12(6)3-1-2-16-3/h3H,1-2H2,(H,10,11,14,15). The number of aromatic nitrogens is 2. The minimum atomic E-state index is -0.748. The van der Waals surface area contributed by atoms with Crippen molar-refractivity contribution in [3.63, 3.8) is 0 Å². The molecular weight excluding hydrogens is 232 g/mol. The highest BCUT2D eigenvalue weighted by molar-refractivity contribution is 8.00. The van der Waals surface area contributed by atoms with Crippen LogP contribution in [0.3, 0.4) is 0 Å². The highest BCUT2D eigenvalue weighted by Crippen LogP contribution is 2.35. The predicted octanol–water partition coefficient (Wildman–Crippen LogP) is -1.46. The number of hydrogen-bond acceptors (Lipinski definition) is 4.